The van der Waals surface area contributed by atoms with Gasteiger partial charge < -0.3 is 39.4 Å². The largest absolute Gasteiger partial charge is 0.508 e. The number of phenols is 4. The number of rotatable bonds is 12. The minimum absolute atomic E-state index is 0.0950. The first-order valence-electron chi connectivity index (χ1n) is 20.2. The quantitative estimate of drug-likeness (QED) is 0.113. The molecule has 5 rings (SSSR count). The number of hydrogen-bond donors (Lipinski definition) is 4. The molecule has 0 amide bonds. The highest BCUT2D eigenvalue weighted by atomic mass is 16.5. The molecule has 0 radical (unpaired) electrons. The van der Waals surface area contributed by atoms with E-state index in [0.29, 0.717) is 70.9 Å². The summed E-state index contributed by atoms with van der Waals surface area (Å²) < 4.78 is 24.1. The fraction of sp³-hybridized carbons (Fsp3) is 0.500. The van der Waals surface area contributed by atoms with E-state index in [0.717, 1.165) is 22.3 Å². The van der Waals surface area contributed by atoms with Crippen LogP contribution in [0.25, 0.3) is 0 Å². The van der Waals surface area contributed by atoms with Crippen molar-refractivity contribution in [2.75, 3.05) is 28.4 Å². The van der Waals surface area contributed by atoms with E-state index in [2.05, 4.69) is 55.4 Å². The Bertz CT molecular complexity index is 1710. The molecule has 8 nitrogen and oxygen atoms in total. The summed E-state index contributed by atoms with van der Waals surface area (Å²) >= 11 is 0. The van der Waals surface area contributed by atoms with Crippen molar-refractivity contribution in [2.45, 2.75) is 105 Å². The fourth-order valence-corrected chi connectivity index (χ4v) is 8.90. The van der Waals surface area contributed by atoms with Crippen LogP contribution >= 0.6 is 0 Å². The van der Waals surface area contributed by atoms with E-state index in [4.69, 9.17) is 18.9 Å². The highest BCUT2D eigenvalue weighted by Gasteiger charge is 2.34. The van der Waals surface area contributed by atoms with Gasteiger partial charge in [-0.25, -0.2) is 0 Å². The molecule has 1 aliphatic carbocycles. The van der Waals surface area contributed by atoms with Crippen LogP contribution in [0.4, 0.5) is 0 Å². The lowest BCUT2D eigenvalue weighted by molar-refractivity contribution is 0.382. The predicted octanol–water partition coefficient (Wildman–Crippen LogP) is 11.6. The third-order valence-corrected chi connectivity index (χ3v) is 11.3. The predicted molar refractivity (Wildman–Crippen MR) is 224 cm³/mol. The molecule has 0 heterocycles. The highest BCUT2D eigenvalue weighted by molar-refractivity contribution is 5.62. The van der Waals surface area contributed by atoms with E-state index in [-0.39, 0.29) is 70.3 Å². The average molecular weight is 769 g/mol. The molecule has 1 aliphatic rings. The molecule has 0 spiro atoms. The number of aromatic hydroxyl groups is 4. The number of benzene rings is 4. The molecule has 0 saturated heterocycles. The number of ether oxygens (including phenoxy) is 4. The van der Waals surface area contributed by atoms with E-state index in [1.165, 1.54) is 0 Å². The Morgan fingerprint density at radius 1 is 0.339 bits per heavy atom. The standard InChI is InChI=1S/C48H64O8/c1-25(2)13-29-33-17-38(46(54-10)21-41(33)49)31(15-27(5)6)35-19-40(48(56-12)23-43(35)51)32(16-28(7)8)36-20-39(47(55-11)24-44(36)52)30(14-26(3)4)34-18-37(29)45(53-9)22-42(34)50/h17-32,49-52H,13-16H2,1-12H3/t29-,30-,31+,32+. The van der Waals surface area contributed by atoms with Gasteiger partial charge in [0.15, 0.2) is 0 Å². The van der Waals surface area contributed by atoms with Crippen molar-refractivity contribution in [3.05, 3.63) is 93.0 Å². The van der Waals surface area contributed by atoms with Gasteiger partial charge in [0.2, 0.25) is 0 Å². The summed E-state index contributed by atoms with van der Waals surface area (Å²) in [5.41, 5.74) is 6.20. The van der Waals surface area contributed by atoms with Gasteiger partial charge in [0.1, 0.15) is 46.0 Å². The summed E-state index contributed by atoms with van der Waals surface area (Å²) in [4.78, 5) is 0. The molecule has 0 unspecified atom stereocenters. The molecule has 0 fully saturated rings. The lowest BCUT2D eigenvalue weighted by atomic mass is 9.75. The van der Waals surface area contributed by atoms with Gasteiger partial charge in [0.25, 0.3) is 0 Å². The van der Waals surface area contributed by atoms with E-state index >= 15 is 0 Å². The van der Waals surface area contributed by atoms with Crippen molar-refractivity contribution in [3.8, 4) is 46.0 Å². The second-order valence-corrected chi connectivity index (χ2v) is 17.3. The van der Waals surface area contributed by atoms with Crippen molar-refractivity contribution in [2.24, 2.45) is 23.7 Å². The van der Waals surface area contributed by atoms with Crippen LogP contribution in [0.1, 0.15) is 149 Å². The first-order valence-corrected chi connectivity index (χ1v) is 20.2. The van der Waals surface area contributed by atoms with E-state index in [1.54, 1.807) is 52.7 Å². The zero-order chi connectivity index (χ0) is 41.2. The van der Waals surface area contributed by atoms with Crippen molar-refractivity contribution in [1.82, 2.24) is 0 Å². The third-order valence-electron chi connectivity index (χ3n) is 11.3. The number of methoxy groups -OCH3 is 4. The molecule has 4 aromatic rings. The van der Waals surface area contributed by atoms with Gasteiger partial charge in [0, 0.05) is 92.4 Å². The van der Waals surface area contributed by atoms with Gasteiger partial charge in [-0.3, -0.25) is 0 Å². The second-order valence-electron chi connectivity index (χ2n) is 17.3. The Hall–Kier alpha value is -4.72. The van der Waals surface area contributed by atoms with Gasteiger partial charge in [-0.1, -0.05) is 55.4 Å². The van der Waals surface area contributed by atoms with Gasteiger partial charge in [-0.15, -0.1) is 0 Å². The minimum atomic E-state index is -0.339. The molecule has 4 atom stereocenters. The van der Waals surface area contributed by atoms with Crippen LogP contribution in [0.15, 0.2) is 48.5 Å². The van der Waals surface area contributed by atoms with Gasteiger partial charge in [-0.2, -0.15) is 0 Å². The van der Waals surface area contributed by atoms with Gasteiger partial charge in [0.05, 0.1) is 28.4 Å². The summed E-state index contributed by atoms with van der Waals surface area (Å²) in [7, 11) is 6.42. The summed E-state index contributed by atoms with van der Waals surface area (Å²) in [6.07, 6.45) is 2.69. The van der Waals surface area contributed by atoms with Crippen molar-refractivity contribution < 1.29 is 39.4 Å². The lowest BCUT2D eigenvalue weighted by Gasteiger charge is -2.31. The summed E-state index contributed by atoms with van der Waals surface area (Å²) in [6.45, 7) is 17.3. The molecule has 0 saturated carbocycles. The Kier molecular flexibility index (Phi) is 13.3. The lowest BCUT2D eigenvalue weighted by Crippen LogP contribution is -2.15. The molecule has 0 aromatic heterocycles. The Labute approximate surface area is 334 Å². The van der Waals surface area contributed by atoms with Crippen molar-refractivity contribution in [1.29, 1.82) is 0 Å². The normalized spacial score (nSPS) is 18.1. The minimum Gasteiger partial charge on any atom is -0.508 e. The molecule has 8 heteroatoms. The van der Waals surface area contributed by atoms with Crippen LogP contribution < -0.4 is 18.9 Å². The summed E-state index contributed by atoms with van der Waals surface area (Å²) in [5, 5.41) is 47.7. The SMILES string of the molecule is COc1cc(O)c2cc1[C@H](CC(C)C)c1cc(c(OC)cc1O)[C@@H](CC(C)C)c1cc(c(OC)cc1O)[C@@H](CC(C)C)c1cc(c(OC)cc1O)[C@@H]2CC(C)C. The maximum atomic E-state index is 11.9. The Morgan fingerprint density at radius 3 is 0.661 bits per heavy atom. The van der Waals surface area contributed by atoms with Crippen molar-refractivity contribution >= 4 is 0 Å². The first-order chi connectivity index (χ1) is 26.5. The molecule has 4 N–H and O–H groups in total. The molecule has 304 valence electrons. The molecule has 56 heavy (non-hydrogen) atoms. The molecule has 0 aliphatic heterocycles. The molecular weight excluding hydrogens is 705 g/mol. The highest BCUT2D eigenvalue weighted by Crippen LogP contribution is 2.53. The number of hydrogen-bond acceptors (Lipinski definition) is 8. The summed E-state index contributed by atoms with van der Waals surface area (Å²) in [5.74, 6) is 1.99. The van der Waals surface area contributed by atoms with E-state index in [9.17, 15) is 20.4 Å². The Morgan fingerprint density at radius 2 is 0.518 bits per heavy atom. The van der Waals surface area contributed by atoms with Gasteiger partial charge >= 0.3 is 0 Å². The topological polar surface area (TPSA) is 118 Å². The third kappa shape index (κ3) is 8.64. The maximum absolute atomic E-state index is 11.9. The molecule has 4 aromatic carbocycles. The maximum Gasteiger partial charge on any atom is 0.126 e. The van der Waals surface area contributed by atoms with Crippen LogP contribution in [-0.4, -0.2) is 48.9 Å². The van der Waals surface area contributed by atoms with Crippen LogP contribution in [0.2, 0.25) is 0 Å². The molecule has 8 bridgehead atoms. The number of phenolic OH excluding ortho intramolecular Hbond substituents is 4. The smallest absolute Gasteiger partial charge is 0.126 e. The zero-order valence-corrected chi connectivity index (χ0v) is 35.5. The monoisotopic (exact) mass is 768 g/mol. The van der Waals surface area contributed by atoms with E-state index < -0.39 is 0 Å². The average Bonchev–Trinajstić information content (AvgIpc) is 3.13. The van der Waals surface area contributed by atoms with Gasteiger partial charge in [-0.05, 0) is 73.6 Å². The Balaban J connectivity index is 2.05. The van der Waals surface area contributed by atoms with E-state index in [1.807, 2.05) is 24.3 Å². The van der Waals surface area contributed by atoms with Crippen LogP contribution in [0.5, 0.6) is 46.0 Å². The molecular formula is C48H64O8. The van der Waals surface area contributed by atoms with Crippen LogP contribution in [-0.2, 0) is 0 Å². The second kappa shape index (κ2) is 17.6. The van der Waals surface area contributed by atoms with Crippen molar-refractivity contribution in [3.63, 3.8) is 0 Å². The zero-order valence-electron chi connectivity index (χ0n) is 35.5. The summed E-state index contributed by atoms with van der Waals surface area (Å²) in [6, 6.07) is 15.0. The first kappa shape index (κ1) is 42.4. The number of fused-ring (bicyclic) bond motifs is 8. The van der Waals surface area contributed by atoms with Crippen LogP contribution in [0.3, 0.4) is 0 Å². The van der Waals surface area contributed by atoms with Crippen LogP contribution in [0, 0.1) is 23.7 Å². The fourth-order valence-electron chi connectivity index (χ4n) is 8.90.